The van der Waals surface area contributed by atoms with Crippen LogP contribution in [-0.2, 0) is 5.60 Å². The number of benzene rings is 3. The van der Waals surface area contributed by atoms with E-state index in [1.54, 1.807) is 20.2 Å². The van der Waals surface area contributed by atoms with Gasteiger partial charge in [0.1, 0.15) is 5.60 Å². The summed E-state index contributed by atoms with van der Waals surface area (Å²) in [5, 5.41) is 14.8. The molecule has 132 valence electrons. The number of aliphatic hydroxyl groups is 1. The van der Waals surface area contributed by atoms with Gasteiger partial charge in [-0.15, -0.1) is 0 Å². The van der Waals surface area contributed by atoms with Crippen LogP contribution in [0.2, 0.25) is 0 Å². The molecule has 0 radical (unpaired) electrons. The van der Waals surface area contributed by atoms with Crippen molar-refractivity contribution in [3.8, 4) is 0 Å². The maximum atomic E-state index is 12.2. The van der Waals surface area contributed by atoms with Gasteiger partial charge >= 0.3 is 6.03 Å². The number of carbonyl (C=O) groups is 1. The molecule has 2 amide bonds. The average Bonchev–Trinajstić information content (AvgIpc) is 2.69. The van der Waals surface area contributed by atoms with E-state index < -0.39 is 5.60 Å². The van der Waals surface area contributed by atoms with Gasteiger partial charge in [-0.25, -0.2) is 4.79 Å². The smallest absolute Gasteiger partial charge is 0.321 e. The van der Waals surface area contributed by atoms with E-state index in [4.69, 9.17) is 0 Å². The largest absolute Gasteiger partial charge is 0.376 e. The second-order valence-corrected chi connectivity index (χ2v) is 6.31. The second-order valence-electron chi connectivity index (χ2n) is 6.31. The lowest BCUT2D eigenvalue weighted by molar-refractivity contribution is 0.126. The molecule has 0 aliphatic carbocycles. The molecule has 0 aliphatic rings. The number of anilines is 1. The van der Waals surface area contributed by atoms with Crippen LogP contribution in [0.4, 0.5) is 10.5 Å². The summed E-state index contributed by atoms with van der Waals surface area (Å²) < 4.78 is 0. The van der Waals surface area contributed by atoms with Gasteiger partial charge in [0.25, 0.3) is 0 Å². The Morgan fingerprint density at radius 2 is 1.27 bits per heavy atom. The first-order valence-corrected chi connectivity index (χ1v) is 8.44. The topological polar surface area (TPSA) is 52.6 Å². The molecule has 4 nitrogen and oxygen atoms in total. The van der Waals surface area contributed by atoms with E-state index >= 15 is 0 Å². The minimum atomic E-state index is -1.39. The van der Waals surface area contributed by atoms with Crippen LogP contribution in [0.25, 0.3) is 0 Å². The summed E-state index contributed by atoms with van der Waals surface area (Å²) >= 11 is 0. The zero-order chi connectivity index (χ0) is 18.6. The summed E-state index contributed by atoms with van der Waals surface area (Å²) in [5.74, 6) is 0. The van der Waals surface area contributed by atoms with Crippen molar-refractivity contribution in [2.45, 2.75) is 5.60 Å². The Morgan fingerprint density at radius 1 is 0.808 bits per heavy atom. The standard InChI is InChI=1S/C22H22N2O2/c1-24(2)21(25)23-20-16-10-9-15-19(20)22(26,17-11-5-3-6-12-17)18-13-7-4-8-14-18/h3-16,26H,1-2H3,(H,23,25). The van der Waals surface area contributed by atoms with E-state index in [2.05, 4.69) is 5.32 Å². The lowest BCUT2D eigenvalue weighted by Gasteiger charge is -2.32. The van der Waals surface area contributed by atoms with Gasteiger partial charge in [-0.1, -0.05) is 78.9 Å². The summed E-state index contributed by atoms with van der Waals surface area (Å²) in [6, 6.07) is 26.0. The third-order valence-corrected chi connectivity index (χ3v) is 4.35. The molecule has 0 aliphatic heterocycles. The van der Waals surface area contributed by atoms with Crippen LogP contribution in [0, 0.1) is 0 Å². The van der Waals surface area contributed by atoms with Crippen molar-refractivity contribution in [2.75, 3.05) is 19.4 Å². The Kier molecular flexibility index (Phi) is 5.05. The van der Waals surface area contributed by atoms with E-state index in [1.165, 1.54) is 4.90 Å². The highest BCUT2D eigenvalue weighted by molar-refractivity contribution is 5.90. The molecule has 3 aromatic carbocycles. The summed E-state index contributed by atoms with van der Waals surface area (Å²) in [7, 11) is 3.36. The highest BCUT2D eigenvalue weighted by atomic mass is 16.3. The minimum absolute atomic E-state index is 0.249. The van der Waals surface area contributed by atoms with Crippen LogP contribution in [0.3, 0.4) is 0 Å². The molecule has 0 unspecified atom stereocenters. The van der Waals surface area contributed by atoms with E-state index in [0.717, 1.165) is 11.1 Å². The first kappa shape index (κ1) is 17.7. The number of urea groups is 1. The number of nitrogens with one attached hydrogen (secondary N) is 1. The molecule has 0 aromatic heterocycles. The quantitative estimate of drug-likeness (QED) is 0.700. The maximum Gasteiger partial charge on any atom is 0.321 e. The van der Waals surface area contributed by atoms with Gasteiger partial charge in [0, 0.05) is 25.3 Å². The lowest BCUT2D eigenvalue weighted by atomic mass is 9.79. The number of hydrogen-bond acceptors (Lipinski definition) is 2. The van der Waals surface area contributed by atoms with Crippen molar-refractivity contribution in [3.05, 3.63) is 102 Å². The zero-order valence-corrected chi connectivity index (χ0v) is 14.9. The van der Waals surface area contributed by atoms with Gasteiger partial charge in [-0.2, -0.15) is 0 Å². The molecule has 2 N–H and O–H groups in total. The normalized spacial score (nSPS) is 11.0. The highest BCUT2D eigenvalue weighted by Gasteiger charge is 2.35. The van der Waals surface area contributed by atoms with Crippen LogP contribution in [0.15, 0.2) is 84.9 Å². The number of rotatable bonds is 4. The van der Waals surface area contributed by atoms with E-state index in [1.807, 2.05) is 78.9 Å². The van der Waals surface area contributed by atoms with Crippen LogP contribution in [0.5, 0.6) is 0 Å². The Morgan fingerprint density at radius 3 is 1.77 bits per heavy atom. The Labute approximate surface area is 153 Å². The van der Waals surface area contributed by atoms with Gasteiger partial charge in [-0.3, -0.25) is 0 Å². The van der Waals surface area contributed by atoms with Crippen LogP contribution < -0.4 is 5.32 Å². The Hall–Kier alpha value is -3.11. The van der Waals surface area contributed by atoms with Crippen molar-refractivity contribution in [3.63, 3.8) is 0 Å². The maximum absolute atomic E-state index is 12.2. The fraction of sp³-hybridized carbons (Fsp3) is 0.136. The van der Waals surface area contributed by atoms with Gasteiger partial charge in [0.05, 0.1) is 0 Å². The molecular weight excluding hydrogens is 324 g/mol. The van der Waals surface area contributed by atoms with Gasteiger partial charge < -0.3 is 15.3 Å². The molecule has 0 atom stereocenters. The Balaban J connectivity index is 2.20. The predicted molar refractivity (Wildman–Crippen MR) is 104 cm³/mol. The molecule has 0 saturated carbocycles. The zero-order valence-electron chi connectivity index (χ0n) is 14.9. The molecular formula is C22H22N2O2. The minimum Gasteiger partial charge on any atom is -0.376 e. The van der Waals surface area contributed by atoms with E-state index in [0.29, 0.717) is 11.3 Å². The molecule has 4 heteroatoms. The van der Waals surface area contributed by atoms with Crippen LogP contribution in [0.1, 0.15) is 16.7 Å². The third kappa shape index (κ3) is 3.32. The fourth-order valence-corrected chi connectivity index (χ4v) is 2.97. The molecule has 3 rings (SSSR count). The molecule has 0 bridgehead atoms. The number of carbonyl (C=O) groups excluding carboxylic acids is 1. The monoisotopic (exact) mass is 346 g/mol. The van der Waals surface area contributed by atoms with Crippen LogP contribution >= 0.6 is 0 Å². The number of amides is 2. The van der Waals surface area contributed by atoms with Crippen molar-refractivity contribution in [1.82, 2.24) is 4.90 Å². The SMILES string of the molecule is CN(C)C(=O)Nc1ccccc1C(O)(c1ccccc1)c1ccccc1. The van der Waals surface area contributed by atoms with Crippen molar-refractivity contribution >= 4 is 11.7 Å². The van der Waals surface area contributed by atoms with Gasteiger partial charge in [0.15, 0.2) is 0 Å². The number of hydrogen-bond donors (Lipinski definition) is 2. The first-order valence-electron chi connectivity index (χ1n) is 8.44. The van der Waals surface area contributed by atoms with Crippen LogP contribution in [-0.4, -0.2) is 30.1 Å². The van der Waals surface area contributed by atoms with E-state index in [9.17, 15) is 9.90 Å². The average molecular weight is 346 g/mol. The summed E-state index contributed by atoms with van der Waals surface area (Å²) in [6.45, 7) is 0. The molecule has 0 fully saturated rings. The van der Waals surface area contributed by atoms with Crippen molar-refractivity contribution in [1.29, 1.82) is 0 Å². The van der Waals surface area contributed by atoms with Crippen molar-refractivity contribution < 1.29 is 9.90 Å². The van der Waals surface area contributed by atoms with E-state index in [-0.39, 0.29) is 6.03 Å². The summed E-state index contributed by atoms with van der Waals surface area (Å²) in [4.78, 5) is 13.7. The molecule has 26 heavy (non-hydrogen) atoms. The predicted octanol–water partition coefficient (Wildman–Crippen LogP) is 4.06. The van der Waals surface area contributed by atoms with Gasteiger partial charge in [0.2, 0.25) is 0 Å². The first-order chi connectivity index (χ1) is 12.5. The summed E-state index contributed by atoms with van der Waals surface area (Å²) in [6.07, 6.45) is 0. The molecule has 0 saturated heterocycles. The fourth-order valence-electron chi connectivity index (χ4n) is 2.97. The third-order valence-electron chi connectivity index (χ3n) is 4.35. The van der Waals surface area contributed by atoms with Gasteiger partial charge in [-0.05, 0) is 17.2 Å². The molecule has 0 heterocycles. The summed E-state index contributed by atoms with van der Waals surface area (Å²) in [5.41, 5.74) is 1.27. The molecule has 3 aromatic rings. The van der Waals surface area contributed by atoms with Crippen molar-refractivity contribution in [2.24, 2.45) is 0 Å². The number of nitrogens with zero attached hydrogens (tertiary/aromatic N) is 1. The highest BCUT2D eigenvalue weighted by Crippen LogP contribution is 2.40. The second kappa shape index (κ2) is 7.42. The number of para-hydroxylation sites is 1. The Bertz CT molecular complexity index is 837. The lowest BCUT2D eigenvalue weighted by Crippen LogP contribution is -2.32. The molecule has 0 spiro atoms.